The number of nitrogens with zero attached hydrogens (tertiary/aromatic N) is 6. The van der Waals surface area contributed by atoms with Crippen LogP contribution in [0.25, 0.3) is 22.4 Å². The van der Waals surface area contributed by atoms with Crippen LogP contribution in [0.5, 0.6) is 5.88 Å². The van der Waals surface area contributed by atoms with Gasteiger partial charge < -0.3 is 4.74 Å². The van der Waals surface area contributed by atoms with E-state index < -0.39 is 0 Å². The third-order valence-electron chi connectivity index (χ3n) is 6.00. The summed E-state index contributed by atoms with van der Waals surface area (Å²) in [6, 6.07) is 6.66. The van der Waals surface area contributed by atoms with Crippen molar-refractivity contribution in [2.24, 2.45) is 0 Å². The smallest absolute Gasteiger partial charge is 0.227 e. The second-order valence-corrected chi connectivity index (χ2v) is 8.79. The van der Waals surface area contributed by atoms with Crippen LogP contribution in [0.3, 0.4) is 0 Å². The summed E-state index contributed by atoms with van der Waals surface area (Å²) in [4.78, 5) is 18.4. The highest BCUT2D eigenvalue weighted by Crippen LogP contribution is 2.45. The van der Waals surface area contributed by atoms with Crippen molar-refractivity contribution in [3.05, 3.63) is 58.2 Å². The monoisotopic (exact) mass is 462 g/mol. The molecule has 8 heteroatoms. The van der Waals surface area contributed by atoms with Crippen molar-refractivity contribution >= 4 is 27.0 Å². The van der Waals surface area contributed by atoms with E-state index in [1.54, 1.807) is 13.4 Å². The zero-order valence-corrected chi connectivity index (χ0v) is 18.0. The van der Waals surface area contributed by atoms with Crippen LogP contribution in [0.15, 0.2) is 41.4 Å². The number of rotatable bonds is 4. The maximum absolute atomic E-state index is 5.54. The summed E-state index contributed by atoms with van der Waals surface area (Å²) in [7, 11) is 1.62. The minimum absolute atomic E-state index is 0.171. The summed E-state index contributed by atoms with van der Waals surface area (Å²) in [5, 5.41) is 5.61. The summed E-state index contributed by atoms with van der Waals surface area (Å²) in [6.07, 6.45) is 9.53. The van der Waals surface area contributed by atoms with Gasteiger partial charge in [-0.2, -0.15) is 5.10 Å². The normalized spacial score (nSPS) is 18.0. The first-order chi connectivity index (χ1) is 14.7. The molecule has 1 atom stereocenters. The summed E-state index contributed by atoms with van der Waals surface area (Å²) < 4.78 is 8.69. The van der Waals surface area contributed by atoms with Crippen LogP contribution >= 0.6 is 15.9 Å². The van der Waals surface area contributed by atoms with Crippen LogP contribution in [0.4, 0.5) is 0 Å². The highest BCUT2D eigenvalue weighted by atomic mass is 79.9. The number of benzene rings is 1. The lowest BCUT2D eigenvalue weighted by Gasteiger charge is -2.14. The van der Waals surface area contributed by atoms with Gasteiger partial charge in [-0.25, -0.2) is 24.6 Å². The van der Waals surface area contributed by atoms with Crippen LogP contribution in [-0.4, -0.2) is 36.8 Å². The summed E-state index contributed by atoms with van der Waals surface area (Å²) in [6.45, 7) is 0. The average Bonchev–Trinajstić information content (AvgIpc) is 3.42. The molecule has 3 aromatic heterocycles. The van der Waals surface area contributed by atoms with E-state index in [9.17, 15) is 0 Å². The molecule has 0 N–H and O–H groups in total. The Bertz CT molecular complexity index is 1280. The predicted octanol–water partition coefficient (Wildman–Crippen LogP) is 4.47. The van der Waals surface area contributed by atoms with Gasteiger partial charge in [0.25, 0.3) is 0 Å². The first-order valence-corrected chi connectivity index (χ1v) is 10.9. The van der Waals surface area contributed by atoms with Crippen LogP contribution in [0, 0.1) is 0 Å². The number of fused-ring (bicyclic) bond motifs is 2. The molecule has 6 rings (SSSR count). The van der Waals surface area contributed by atoms with Crippen molar-refractivity contribution in [2.75, 3.05) is 7.11 Å². The Balaban J connectivity index is 1.50. The van der Waals surface area contributed by atoms with Gasteiger partial charge in [-0.15, -0.1) is 0 Å². The van der Waals surface area contributed by atoms with E-state index in [1.165, 1.54) is 11.1 Å². The SMILES string of the molecule is COc1ncnc(C2CC2)c1-c1ncc2cnn([C@H]3CCc4cc(Br)ccc43)c2n1. The minimum atomic E-state index is 0.171. The van der Waals surface area contributed by atoms with E-state index in [0.29, 0.717) is 17.6 Å². The number of aryl methyl sites for hydroxylation is 1. The molecule has 2 aliphatic carbocycles. The van der Waals surface area contributed by atoms with Crippen LogP contribution in [0.2, 0.25) is 0 Å². The van der Waals surface area contributed by atoms with Crippen LogP contribution < -0.4 is 4.74 Å². The number of ether oxygens (including phenoxy) is 1. The van der Waals surface area contributed by atoms with Crippen LogP contribution in [-0.2, 0) is 6.42 Å². The first kappa shape index (κ1) is 17.9. The highest BCUT2D eigenvalue weighted by Gasteiger charge is 2.32. The van der Waals surface area contributed by atoms with E-state index in [2.05, 4.69) is 54.2 Å². The fourth-order valence-corrected chi connectivity index (χ4v) is 4.82. The molecule has 0 aliphatic heterocycles. The fourth-order valence-electron chi connectivity index (χ4n) is 4.42. The van der Waals surface area contributed by atoms with Crippen molar-refractivity contribution in [1.29, 1.82) is 0 Å². The lowest BCUT2D eigenvalue weighted by atomic mass is 10.1. The average molecular weight is 463 g/mol. The molecule has 2 aliphatic rings. The summed E-state index contributed by atoms with van der Waals surface area (Å²) in [5.41, 5.74) is 5.27. The van der Waals surface area contributed by atoms with Gasteiger partial charge in [0, 0.05) is 16.6 Å². The molecule has 150 valence electrons. The molecule has 1 saturated carbocycles. The Hall–Kier alpha value is -2.87. The van der Waals surface area contributed by atoms with E-state index in [1.807, 2.05) is 17.1 Å². The van der Waals surface area contributed by atoms with Gasteiger partial charge in [-0.1, -0.05) is 22.0 Å². The number of halogens is 1. The molecule has 7 nitrogen and oxygen atoms in total. The molecular formula is C22H19BrN6O. The standard InChI is InChI=1S/C22H19BrN6O/c1-30-22-18(19(12-2-3-12)25-11-26-22)20-24-9-14-10-27-29(21(14)28-20)17-7-4-13-8-15(23)5-6-16(13)17/h5-6,8-12,17H,2-4,7H2,1H3/t17-/m0/s1. The Labute approximate surface area is 181 Å². The van der Waals surface area contributed by atoms with Crippen molar-refractivity contribution in [3.63, 3.8) is 0 Å². The van der Waals surface area contributed by atoms with Gasteiger partial charge in [0.1, 0.15) is 11.9 Å². The number of hydrogen-bond donors (Lipinski definition) is 0. The Kier molecular flexibility index (Phi) is 4.09. The maximum atomic E-state index is 5.54. The highest BCUT2D eigenvalue weighted by molar-refractivity contribution is 9.10. The van der Waals surface area contributed by atoms with Gasteiger partial charge in [0.2, 0.25) is 5.88 Å². The molecule has 4 aromatic rings. The largest absolute Gasteiger partial charge is 0.480 e. The van der Waals surface area contributed by atoms with E-state index in [4.69, 9.17) is 9.72 Å². The molecule has 3 heterocycles. The van der Waals surface area contributed by atoms with Gasteiger partial charge in [0.05, 0.1) is 30.4 Å². The van der Waals surface area contributed by atoms with E-state index in [0.717, 1.165) is 52.4 Å². The number of aromatic nitrogens is 6. The Morgan fingerprint density at radius 3 is 2.83 bits per heavy atom. The van der Waals surface area contributed by atoms with E-state index in [-0.39, 0.29) is 6.04 Å². The second kappa shape index (κ2) is 6.84. The van der Waals surface area contributed by atoms with Gasteiger partial charge in [0.15, 0.2) is 11.5 Å². The lowest BCUT2D eigenvalue weighted by Crippen LogP contribution is -2.10. The third kappa shape index (κ3) is 2.81. The first-order valence-electron chi connectivity index (χ1n) is 10.1. The van der Waals surface area contributed by atoms with Crippen molar-refractivity contribution in [3.8, 4) is 17.3 Å². The fraction of sp³-hybridized carbons (Fsp3) is 0.318. The second-order valence-electron chi connectivity index (χ2n) is 7.88. The molecule has 0 unspecified atom stereocenters. The van der Waals surface area contributed by atoms with Gasteiger partial charge >= 0.3 is 0 Å². The minimum Gasteiger partial charge on any atom is -0.480 e. The van der Waals surface area contributed by atoms with Crippen molar-refractivity contribution in [1.82, 2.24) is 29.7 Å². The molecule has 1 aromatic carbocycles. The quantitative estimate of drug-likeness (QED) is 0.445. The number of methoxy groups -OCH3 is 1. The predicted molar refractivity (Wildman–Crippen MR) is 115 cm³/mol. The zero-order valence-electron chi connectivity index (χ0n) is 16.4. The van der Waals surface area contributed by atoms with Gasteiger partial charge in [-0.3, -0.25) is 0 Å². The number of hydrogen-bond acceptors (Lipinski definition) is 6. The summed E-state index contributed by atoms with van der Waals surface area (Å²) in [5.74, 6) is 1.55. The molecule has 1 fully saturated rings. The maximum Gasteiger partial charge on any atom is 0.227 e. The summed E-state index contributed by atoms with van der Waals surface area (Å²) >= 11 is 3.58. The van der Waals surface area contributed by atoms with Crippen molar-refractivity contribution in [2.45, 2.75) is 37.6 Å². The van der Waals surface area contributed by atoms with Gasteiger partial charge in [-0.05, 0) is 48.9 Å². The molecule has 0 saturated heterocycles. The molecule has 0 amide bonds. The molecule has 0 radical (unpaired) electrons. The molecule has 0 bridgehead atoms. The lowest BCUT2D eigenvalue weighted by molar-refractivity contribution is 0.397. The molecule has 30 heavy (non-hydrogen) atoms. The third-order valence-corrected chi connectivity index (χ3v) is 6.50. The zero-order chi connectivity index (χ0) is 20.2. The molecular weight excluding hydrogens is 444 g/mol. The van der Waals surface area contributed by atoms with E-state index >= 15 is 0 Å². The topological polar surface area (TPSA) is 78.6 Å². The Morgan fingerprint density at radius 1 is 1.10 bits per heavy atom. The Morgan fingerprint density at radius 2 is 2.00 bits per heavy atom. The molecule has 0 spiro atoms. The van der Waals surface area contributed by atoms with Crippen LogP contribution in [0.1, 0.15) is 48.0 Å². The van der Waals surface area contributed by atoms with Crippen molar-refractivity contribution < 1.29 is 4.74 Å².